The Hall–Kier alpha value is -2.15. The monoisotopic (exact) mass is 641 g/mol. The van der Waals surface area contributed by atoms with Gasteiger partial charge >= 0.3 is 0 Å². The van der Waals surface area contributed by atoms with Gasteiger partial charge in [-0.25, -0.2) is 9.80 Å². The predicted octanol–water partition coefficient (Wildman–Crippen LogP) is 2.93. The summed E-state index contributed by atoms with van der Waals surface area (Å²) in [5.74, 6) is 1.97. The Bertz CT molecular complexity index is 1420. The molecule has 14 nitrogen and oxygen atoms in total. The van der Waals surface area contributed by atoms with Gasteiger partial charge in [-0.1, -0.05) is 6.92 Å². The predicted molar refractivity (Wildman–Crippen MR) is 126 cm³/mol. The summed E-state index contributed by atoms with van der Waals surface area (Å²) in [4.78, 5) is 0. The summed E-state index contributed by atoms with van der Waals surface area (Å²) in [6.07, 6.45) is 3.13. The molecule has 0 aliphatic carbocycles. The number of azo groups is 2. The van der Waals surface area contributed by atoms with Crippen LogP contribution >= 0.6 is 0 Å². The van der Waals surface area contributed by atoms with Crippen molar-refractivity contribution in [2.45, 2.75) is 27.2 Å². The second-order valence-corrected chi connectivity index (χ2v) is 8.03. The first kappa shape index (κ1) is 30.1. The van der Waals surface area contributed by atoms with Crippen molar-refractivity contribution in [3.05, 3.63) is 34.4 Å². The molecule has 0 aliphatic heterocycles. The van der Waals surface area contributed by atoms with Crippen LogP contribution in [0.2, 0.25) is 0 Å². The third-order valence-corrected chi connectivity index (χ3v) is 5.59. The number of nitrogens with zero attached hydrogens (tertiary/aromatic N) is 12. The van der Waals surface area contributed by atoms with Gasteiger partial charge in [0.2, 0.25) is 0 Å². The van der Waals surface area contributed by atoms with Crippen LogP contribution < -0.4 is 11.5 Å². The van der Waals surface area contributed by atoms with Crippen molar-refractivity contribution in [1.82, 2.24) is 39.1 Å². The number of rotatable bonds is 6. The Morgan fingerprint density at radius 1 is 0.694 bits per heavy atom. The summed E-state index contributed by atoms with van der Waals surface area (Å²) in [7, 11) is 7.07. The van der Waals surface area contributed by atoms with E-state index >= 15 is 0 Å². The van der Waals surface area contributed by atoms with Crippen molar-refractivity contribution in [2.75, 3.05) is 11.5 Å². The molecule has 0 aromatic carbocycles. The van der Waals surface area contributed by atoms with Crippen LogP contribution in [0.5, 0.6) is 0 Å². The van der Waals surface area contributed by atoms with Crippen LogP contribution in [0.15, 0.2) is 20.5 Å². The molecule has 0 unspecified atom stereocenters. The quantitative estimate of drug-likeness (QED) is 0.242. The van der Waals surface area contributed by atoms with E-state index in [0.717, 1.165) is 16.8 Å². The van der Waals surface area contributed by atoms with Crippen LogP contribution in [0.4, 0.5) is 34.6 Å². The van der Waals surface area contributed by atoms with Crippen molar-refractivity contribution in [1.29, 1.82) is 0 Å². The van der Waals surface area contributed by atoms with Gasteiger partial charge in [0.25, 0.3) is 0 Å². The van der Waals surface area contributed by atoms with Crippen LogP contribution in [0.3, 0.4) is 0 Å². The Kier molecular flexibility index (Phi) is 9.97. The van der Waals surface area contributed by atoms with E-state index in [2.05, 4.69) is 47.0 Å². The number of nitrogen functional groups attached to an aromatic ring is 2. The fourth-order valence-electron chi connectivity index (χ4n) is 3.50. The van der Waals surface area contributed by atoms with Gasteiger partial charge in [-0.15, -0.1) is 16.4 Å². The molecule has 4 rings (SSSR count). The van der Waals surface area contributed by atoms with Crippen LogP contribution in [0.25, 0.3) is 0 Å². The molecule has 16 heteroatoms. The van der Waals surface area contributed by atoms with E-state index in [-0.39, 0.29) is 71.8 Å². The molecule has 0 aliphatic rings. The van der Waals surface area contributed by atoms with Gasteiger partial charge in [0, 0.05) is 111 Å². The van der Waals surface area contributed by atoms with E-state index in [1.807, 2.05) is 27.8 Å². The van der Waals surface area contributed by atoms with Crippen LogP contribution in [0, 0.1) is 27.0 Å². The fourth-order valence-corrected chi connectivity index (χ4v) is 3.50. The van der Waals surface area contributed by atoms with E-state index in [1.54, 1.807) is 39.9 Å². The maximum atomic E-state index is 6.25. The molecule has 4 heterocycles. The van der Waals surface area contributed by atoms with E-state index in [0.29, 0.717) is 46.0 Å². The average Bonchev–Trinajstić information content (AvgIpc) is 3.42. The maximum Gasteiger partial charge on any atom is 0.175 e. The summed E-state index contributed by atoms with van der Waals surface area (Å²) in [6, 6.07) is 0. The van der Waals surface area contributed by atoms with Gasteiger partial charge in [0.15, 0.2) is 11.5 Å². The molecule has 4 aromatic rings. The smallest absolute Gasteiger partial charge is 0.175 e. The molecule has 36 heavy (non-hydrogen) atoms. The molecule has 0 spiro atoms. The van der Waals surface area contributed by atoms with Gasteiger partial charge in [-0.3, -0.25) is 9.36 Å². The molecular weight excluding hydrogens is 614 g/mol. The zero-order valence-corrected chi connectivity index (χ0v) is 27.1. The topological polar surface area (TPSA) is 173 Å². The number of aromatic nitrogens is 8. The number of hydrogen-bond acceptors (Lipinski definition) is 10. The average molecular weight is 641 g/mol. The largest absolute Gasteiger partial charge is 0.382 e. The summed E-state index contributed by atoms with van der Waals surface area (Å²) >= 11 is 0. The van der Waals surface area contributed by atoms with E-state index in [1.165, 1.54) is 0 Å². The first-order valence-electron chi connectivity index (χ1n) is 10.5. The normalized spacial score (nSPS) is 11.4. The molecule has 0 atom stereocenters. The van der Waals surface area contributed by atoms with Gasteiger partial charge in [-0.05, 0) is 13.8 Å². The number of anilines is 2. The van der Waals surface area contributed by atoms with Gasteiger partial charge in [0.05, 0.1) is 17.1 Å². The van der Waals surface area contributed by atoms with E-state index < -0.39 is 0 Å². The molecular formula is C20H27N14Y2-. The molecule has 0 saturated heterocycles. The summed E-state index contributed by atoms with van der Waals surface area (Å²) in [5.41, 5.74) is 17.1. The zero-order chi connectivity index (χ0) is 24.7. The Morgan fingerprint density at radius 3 is 1.61 bits per heavy atom. The van der Waals surface area contributed by atoms with E-state index in [9.17, 15) is 0 Å². The molecule has 184 valence electrons. The third-order valence-electron chi connectivity index (χ3n) is 5.59. The second-order valence-electron chi connectivity index (χ2n) is 8.03. The Morgan fingerprint density at radius 2 is 1.19 bits per heavy atom. The summed E-state index contributed by atoms with van der Waals surface area (Å²) in [5, 5.41) is 35.0. The maximum absolute atomic E-state index is 6.25. The van der Waals surface area contributed by atoms with E-state index in [4.69, 9.17) is 11.5 Å². The molecule has 0 fully saturated rings. The SMILES string of the molecule is Cc1[c-]nn(C)c1N=Nc1c(Cc2nn(C)c(N)c2N=Nc2c(C)c(C)nn2C)nn(C)c1N.[Y].[Y]. The Labute approximate surface area is 258 Å². The summed E-state index contributed by atoms with van der Waals surface area (Å²) < 4.78 is 6.36. The summed E-state index contributed by atoms with van der Waals surface area (Å²) in [6.45, 7) is 5.72. The first-order chi connectivity index (χ1) is 16.1. The van der Waals surface area contributed by atoms with Crippen molar-refractivity contribution in [2.24, 2.45) is 48.6 Å². The number of hydrogen-bond donors (Lipinski definition) is 2. The minimum absolute atomic E-state index is 0. The van der Waals surface area contributed by atoms with Crippen LogP contribution in [0.1, 0.15) is 28.2 Å². The molecule has 4 aromatic heterocycles. The van der Waals surface area contributed by atoms with Crippen molar-refractivity contribution >= 4 is 34.6 Å². The number of nitrogens with two attached hydrogens (primary N) is 2. The van der Waals surface area contributed by atoms with Crippen LogP contribution in [-0.4, -0.2) is 39.1 Å². The minimum Gasteiger partial charge on any atom is -0.382 e. The third kappa shape index (κ3) is 5.71. The molecule has 2 radical (unpaired) electrons. The molecule has 0 bridgehead atoms. The van der Waals surface area contributed by atoms with Crippen molar-refractivity contribution in [3.8, 4) is 0 Å². The van der Waals surface area contributed by atoms with Crippen LogP contribution in [-0.2, 0) is 100 Å². The first-order valence-corrected chi connectivity index (χ1v) is 10.5. The molecule has 0 amide bonds. The molecule has 0 saturated carbocycles. The number of aryl methyl sites for hydroxylation is 6. The van der Waals surface area contributed by atoms with Crippen molar-refractivity contribution in [3.63, 3.8) is 0 Å². The van der Waals surface area contributed by atoms with Crippen molar-refractivity contribution < 1.29 is 65.4 Å². The Balaban J connectivity index is 0.00000228. The second kappa shape index (κ2) is 11.9. The fraction of sp³-hybridized carbons (Fsp3) is 0.400. The minimum atomic E-state index is 0. The zero-order valence-electron chi connectivity index (χ0n) is 21.4. The van der Waals surface area contributed by atoms with Gasteiger partial charge in [0.1, 0.15) is 17.3 Å². The van der Waals surface area contributed by atoms with Gasteiger partial charge < -0.3 is 21.2 Å². The van der Waals surface area contributed by atoms with Gasteiger partial charge in [-0.2, -0.15) is 26.0 Å². The molecule has 4 N–H and O–H groups in total. The standard InChI is InChI=1S/C20H27N14.2Y/c1-10-9-23-33(6)19(10)26-24-15-13(29-31(4)17(15)21)8-14-16(18(22)32(5)30-14)25-27-20-11(2)12(3)28-34(20)7;;/h8,21-22H2,1-7H3;;/q-1;;.